The maximum absolute atomic E-state index is 11.9. The molecular formula is C18H24N4O2S. The molecule has 0 aliphatic carbocycles. The number of hydrogen-bond acceptors (Lipinski definition) is 5. The molecule has 6 nitrogen and oxygen atoms in total. The van der Waals surface area contributed by atoms with Crippen LogP contribution in [-0.2, 0) is 16.4 Å². The molecule has 1 aliphatic rings. The molecule has 1 fully saturated rings. The Balaban J connectivity index is 1.58. The first kappa shape index (κ1) is 17.8. The second kappa shape index (κ2) is 7.93. The van der Waals surface area contributed by atoms with E-state index in [1.54, 1.807) is 17.4 Å². The lowest BCUT2D eigenvalue weighted by molar-refractivity contribution is 0.272. The van der Waals surface area contributed by atoms with Gasteiger partial charge in [-0.2, -0.15) is 0 Å². The lowest BCUT2D eigenvalue weighted by atomic mass is 9.93. The number of aromatic nitrogens is 2. The van der Waals surface area contributed by atoms with Gasteiger partial charge in [0.2, 0.25) is 10.0 Å². The summed E-state index contributed by atoms with van der Waals surface area (Å²) in [5, 5.41) is 3.21. The van der Waals surface area contributed by atoms with Gasteiger partial charge in [0.05, 0.1) is 5.75 Å². The fourth-order valence-corrected chi connectivity index (χ4v) is 4.23. The van der Waals surface area contributed by atoms with Gasteiger partial charge in [0.1, 0.15) is 11.6 Å². The number of pyridine rings is 2. The molecule has 0 saturated carbocycles. The Morgan fingerprint density at radius 3 is 2.56 bits per heavy atom. The van der Waals surface area contributed by atoms with Crippen molar-refractivity contribution in [1.29, 1.82) is 0 Å². The van der Waals surface area contributed by atoms with Crippen LogP contribution in [0.5, 0.6) is 0 Å². The average molecular weight is 360 g/mol. The zero-order valence-corrected chi connectivity index (χ0v) is 15.2. The van der Waals surface area contributed by atoms with Crippen molar-refractivity contribution >= 4 is 21.7 Å². The van der Waals surface area contributed by atoms with Crippen molar-refractivity contribution in [3.8, 4) is 0 Å². The van der Waals surface area contributed by atoms with Crippen molar-refractivity contribution in [2.24, 2.45) is 5.92 Å². The molecule has 0 bridgehead atoms. The van der Waals surface area contributed by atoms with Crippen molar-refractivity contribution in [3.05, 3.63) is 48.3 Å². The maximum atomic E-state index is 11.9. The Labute approximate surface area is 149 Å². The monoisotopic (exact) mass is 360 g/mol. The van der Waals surface area contributed by atoms with E-state index in [-0.39, 0.29) is 5.75 Å². The third kappa shape index (κ3) is 4.76. The highest BCUT2D eigenvalue weighted by molar-refractivity contribution is 7.89. The molecule has 0 aromatic carbocycles. The molecule has 0 spiro atoms. The first-order valence-electron chi connectivity index (χ1n) is 8.68. The molecule has 1 aliphatic heterocycles. The van der Waals surface area contributed by atoms with E-state index < -0.39 is 10.0 Å². The van der Waals surface area contributed by atoms with Crippen LogP contribution in [-0.4, -0.2) is 41.5 Å². The molecule has 0 unspecified atom stereocenters. The number of anilines is 2. The van der Waals surface area contributed by atoms with Crippen LogP contribution in [0, 0.1) is 5.92 Å². The molecule has 0 atom stereocenters. The Morgan fingerprint density at radius 2 is 1.88 bits per heavy atom. The van der Waals surface area contributed by atoms with E-state index in [2.05, 4.69) is 15.3 Å². The third-order valence-electron chi connectivity index (χ3n) is 4.56. The summed E-state index contributed by atoms with van der Waals surface area (Å²) in [5.41, 5.74) is 1.03. The van der Waals surface area contributed by atoms with Crippen LogP contribution >= 0.6 is 0 Å². The van der Waals surface area contributed by atoms with Crippen LogP contribution in [0.2, 0.25) is 0 Å². The van der Waals surface area contributed by atoms with Crippen molar-refractivity contribution in [2.45, 2.75) is 26.2 Å². The first-order chi connectivity index (χ1) is 12.1. The lowest BCUT2D eigenvalue weighted by Crippen LogP contribution is -2.39. The van der Waals surface area contributed by atoms with Crippen LogP contribution in [0.25, 0.3) is 0 Å². The molecule has 3 rings (SSSR count). The zero-order valence-electron chi connectivity index (χ0n) is 14.4. The topological polar surface area (TPSA) is 75.2 Å². The minimum atomic E-state index is -3.06. The van der Waals surface area contributed by atoms with Gasteiger partial charge in [-0.3, -0.25) is 0 Å². The highest BCUT2D eigenvalue weighted by Gasteiger charge is 2.26. The molecular weight excluding hydrogens is 336 g/mol. The van der Waals surface area contributed by atoms with Gasteiger partial charge in [0.15, 0.2) is 0 Å². The Hall–Kier alpha value is -1.99. The Bertz CT molecular complexity index is 788. The standard InChI is InChI=1S/C18H24N4O2S/c1-2-25(23,24)22-12-9-15(10-13-22)14-16-6-5-8-18(20-16)21-17-7-3-4-11-19-17/h3-8,11,15H,2,9-10,12-14H2,1H3,(H,19,20,21). The maximum Gasteiger partial charge on any atom is 0.213 e. The summed E-state index contributed by atoms with van der Waals surface area (Å²) in [7, 11) is -3.06. The van der Waals surface area contributed by atoms with Gasteiger partial charge in [0.25, 0.3) is 0 Å². The van der Waals surface area contributed by atoms with Gasteiger partial charge in [-0.05, 0) is 56.4 Å². The Kier molecular flexibility index (Phi) is 5.65. The van der Waals surface area contributed by atoms with Crippen molar-refractivity contribution in [2.75, 3.05) is 24.2 Å². The van der Waals surface area contributed by atoms with Crippen LogP contribution < -0.4 is 5.32 Å². The van der Waals surface area contributed by atoms with Crippen LogP contribution in [0.3, 0.4) is 0 Å². The summed E-state index contributed by atoms with van der Waals surface area (Å²) >= 11 is 0. The first-order valence-corrected chi connectivity index (χ1v) is 10.3. The van der Waals surface area contributed by atoms with E-state index in [0.29, 0.717) is 19.0 Å². The zero-order chi connectivity index (χ0) is 17.7. The van der Waals surface area contributed by atoms with E-state index in [1.807, 2.05) is 36.4 Å². The second-order valence-corrected chi connectivity index (χ2v) is 8.56. The van der Waals surface area contributed by atoms with Gasteiger partial charge in [0, 0.05) is 25.0 Å². The smallest absolute Gasteiger partial charge is 0.213 e. The summed E-state index contributed by atoms with van der Waals surface area (Å²) < 4.78 is 25.5. The van der Waals surface area contributed by atoms with Gasteiger partial charge in [-0.15, -0.1) is 0 Å². The number of nitrogens with one attached hydrogen (secondary N) is 1. The summed E-state index contributed by atoms with van der Waals surface area (Å²) in [6.45, 7) is 2.94. The number of hydrogen-bond donors (Lipinski definition) is 1. The lowest BCUT2D eigenvalue weighted by Gasteiger charge is -2.30. The van der Waals surface area contributed by atoms with Crippen molar-refractivity contribution in [3.63, 3.8) is 0 Å². The molecule has 3 heterocycles. The molecule has 0 amide bonds. The molecule has 1 N–H and O–H groups in total. The summed E-state index contributed by atoms with van der Waals surface area (Å²) in [6, 6.07) is 11.6. The molecule has 0 radical (unpaired) electrons. The summed E-state index contributed by atoms with van der Waals surface area (Å²) in [4.78, 5) is 8.91. The largest absolute Gasteiger partial charge is 0.325 e. The molecule has 2 aromatic heterocycles. The van der Waals surface area contributed by atoms with Gasteiger partial charge >= 0.3 is 0 Å². The van der Waals surface area contributed by atoms with E-state index in [1.165, 1.54) is 0 Å². The second-order valence-electron chi connectivity index (χ2n) is 6.30. The predicted octanol–water partition coefficient (Wildman–Crippen LogP) is 2.82. The fraction of sp³-hybridized carbons (Fsp3) is 0.444. The number of rotatable bonds is 6. The van der Waals surface area contributed by atoms with Crippen molar-refractivity contribution < 1.29 is 8.42 Å². The third-order valence-corrected chi connectivity index (χ3v) is 6.44. The highest BCUT2D eigenvalue weighted by atomic mass is 32.2. The van der Waals surface area contributed by atoms with Crippen LogP contribution in [0.1, 0.15) is 25.5 Å². The number of sulfonamides is 1. The molecule has 134 valence electrons. The van der Waals surface area contributed by atoms with Crippen LogP contribution in [0.4, 0.5) is 11.6 Å². The number of nitrogens with zero attached hydrogens (tertiary/aromatic N) is 3. The predicted molar refractivity (Wildman–Crippen MR) is 99.2 cm³/mol. The average Bonchev–Trinajstić information content (AvgIpc) is 2.63. The molecule has 2 aromatic rings. The minimum absolute atomic E-state index is 0.181. The van der Waals surface area contributed by atoms with Gasteiger partial charge < -0.3 is 5.32 Å². The Morgan fingerprint density at radius 1 is 1.12 bits per heavy atom. The molecule has 1 saturated heterocycles. The highest BCUT2D eigenvalue weighted by Crippen LogP contribution is 2.23. The van der Waals surface area contributed by atoms with Gasteiger partial charge in [-0.25, -0.2) is 22.7 Å². The van der Waals surface area contributed by atoms with Gasteiger partial charge in [-0.1, -0.05) is 12.1 Å². The summed E-state index contributed by atoms with van der Waals surface area (Å²) in [6.07, 6.45) is 4.39. The SMILES string of the molecule is CCS(=O)(=O)N1CCC(Cc2cccc(Nc3ccccn3)n2)CC1. The summed E-state index contributed by atoms with van der Waals surface area (Å²) in [5.74, 6) is 2.20. The van der Waals surface area contributed by atoms with E-state index in [0.717, 1.165) is 36.6 Å². The fourth-order valence-electron chi connectivity index (χ4n) is 3.10. The minimum Gasteiger partial charge on any atom is -0.325 e. The number of piperidine rings is 1. The van der Waals surface area contributed by atoms with Crippen LogP contribution in [0.15, 0.2) is 42.6 Å². The van der Waals surface area contributed by atoms with Crippen molar-refractivity contribution in [1.82, 2.24) is 14.3 Å². The van der Waals surface area contributed by atoms with E-state index in [4.69, 9.17) is 0 Å². The normalized spacial score (nSPS) is 16.7. The quantitative estimate of drug-likeness (QED) is 0.857. The molecule has 25 heavy (non-hydrogen) atoms. The molecule has 7 heteroatoms. The van der Waals surface area contributed by atoms with E-state index >= 15 is 0 Å². The van der Waals surface area contributed by atoms with E-state index in [9.17, 15) is 8.42 Å².